The van der Waals surface area contributed by atoms with Crippen molar-refractivity contribution in [2.45, 2.75) is 31.2 Å². The number of hydrogen-bond acceptors (Lipinski definition) is 2. The van der Waals surface area contributed by atoms with Crippen molar-refractivity contribution in [2.75, 3.05) is 20.3 Å². The highest BCUT2D eigenvalue weighted by molar-refractivity contribution is 6.30. The molecule has 1 atom stereocenters. The molecule has 0 spiro atoms. The van der Waals surface area contributed by atoms with Crippen molar-refractivity contribution in [2.24, 2.45) is 0 Å². The minimum absolute atomic E-state index is 0.0289. The molecule has 76 valence electrons. The Labute approximate surface area is 84.0 Å². The maximum absolute atomic E-state index is 11.6. The number of methoxy groups -OCH3 is 1. The van der Waals surface area contributed by atoms with E-state index in [-0.39, 0.29) is 5.91 Å². The van der Waals surface area contributed by atoms with Crippen LogP contribution in [-0.2, 0) is 9.53 Å². The molecule has 13 heavy (non-hydrogen) atoms. The lowest BCUT2D eigenvalue weighted by Crippen LogP contribution is -2.39. The van der Waals surface area contributed by atoms with Gasteiger partial charge in [0.1, 0.15) is 5.38 Å². The summed E-state index contributed by atoms with van der Waals surface area (Å²) in [6.07, 6.45) is 2.22. The summed E-state index contributed by atoms with van der Waals surface area (Å²) in [6, 6.07) is 0.420. The zero-order chi connectivity index (χ0) is 9.84. The first-order valence-electron chi connectivity index (χ1n) is 4.60. The third-order valence-electron chi connectivity index (χ3n) is 2.15. The molecule has 1 aliphatic rings. The molecule has 1 unspecified atom stereocenters. The van der Waals surface area contributed by atoms with E-state index < -0.39 is 5.38 Å². The SMILES string of the molecule is COCCN(C(=O)C(C)Cl)C1CC1. The fraction of sp³-hybridized carbons (Fsp3) is 0.889. The van der Waals surface area contributed by atoms with Crippen LogP contribution in [-0.4, -0.2) is 42.5 Å². The van der Waals surface area contributed by atoms with Gasteiger partial charge in [-0.25, -0.2) is 0 Å². The Kier molecular flexibility index (Phi) is 4.00. The molecule has 0 heterocycles. The van der Waals surface area contributed by atoms with E-state index in [4.69, 9.17) is 16.3 Å². The Hall–Kier alpha value is -0.280. The van der Waals surface area contributed by atoms with Crippen molar-refractivity contribution in [3.05, 3.63) is 0 Å². The van der Waals surface area contributed by atoms with Gasteiger partial charge < -0.3 is 9.64 Å². The highest BCUT2D eigenvalue weighted by Gasteiger charge is 2.33. The van der Waals surface area contributed by atoms with Gasteiger partial charge in [-0.2, -0.15) is 0 Å². The molecule has 0 aromatic rings. The van der Waals surface area contributed by atoms with E-state index >= 15 is 0 Å². The van der Waals surface area contributed by atoms with E-state index in [1.807, 2.05) is 4.90 Å². The van der Waals surface area contributed by atoms with Gasteiger partial charge in [0.15, 0.2) is 0 Å². The lowest BCUT2D eigenvalue weighted by Gasteiger charge is -2.23. The van der Waals surface area contributed by atoms with Crippen molar-refractivity contribution in [1.82, 2.24) is 4.90 Å². The predicted molar refractivity (Wildman–Crippen MR) is 51.9 cm³/mol. The number of carbonyl (C=O) groups is 1. The van der Waals surface area contributed by atoms with Gasteiger partial charge in [-0.3, -0.25) is 4.79 Å². The molecule has 0 bridgehead atoms. The van der Waals surface area contributed by atoms with Crippen molar-refractivity contribution in [1.29, 1.82) is 0 Å². The van der Waals surface area contributed by atoms with Crippen LogP contribution >= 0.6 is 11.6 Å². The Morgan fingerprint density at radius 1 is 1.69 bits per heavy atom. The summed E-state index contributed by atoms with van der Waals surface area (Å²) in [4.78, 5) is 13.4. The van der Waals surface area contributed by atoms with Crippen LogP contribution in [0.5, 0.6) is 0 Å². The number of nitrogens with zero attached hydrogens (tertiary/aromatic N) is 1. The zero-order valence-electron chi connectivity index (χ0n) is 8.12. The lowest BCUT2D eigenvalue weighted by molar-refractivity contribution is -0.131. The fourth-order valence-corrected chi connectivity index (χ4v) is 1.40. The van der Waals surface area contributed by atoms with Crippen LogP contribution in [0.2, 0.25) is 0 Å². The van der Waals surface area contributed by atoms with E-state index in [9.17, 15) is 4.79 Å². The molecule has 1 fully saturated rings. The summed E-state index contributed by atoms with van der Waals surface area (Å²) in [7, 11) is 1.64. The van der Waals surface area contributed by atoms with Gasteiger partial charge in [0.05, 0.1) is 6.61 Å². The number of halogens is 1. The van der Waals surface area contributed by atoms with Crippen LogP contribution in [0.15, 0.2) is 0 Å². The number of hydrogen-bond donors (Lipinski definition) is 0. The average molecular weight is 206 g/mol. The number of alkyl halides is 1. The number of carbonyl (C=O) groups excluding carboxylic acids is 1. The normalized spacial score (nSPS) is 18.4. The average Bonchev–Trinajstić information content (AvgIpc) is 2.88. The van der Waals surface area contributed by atoms with Crippen molar-refractivity contribution < 1.29 is 9.53 Å². The monoisotopic (exact) mass is 205 g/mol. The highest BCUT2D eigenvalue weighted by Crippen LogP contribution is 2.27. The maximum Gasteiger partial charge on any atom is 0.240 e. The van der Waals surface area contributed by atoms with E-state index in [0.717, 1.165) is 12.8 Å². The first-order valence-corrected chi connectivity index (χ1v) is 5.04. The third kappa shape index (κ3) is 3.16. The molecule has 0 aliphatic heterocycles. The molecule has 0 aromatic carbocycles. The Balaban J connectivity index is 2.41. The molecule has 1 aliphatic carbocycles. The number of ether oxygens (including phenoxy) is 1. The first kappa shape index (κ1) is 10.8. The summed E-state index contributed by atoms with van der Waals surface area (Å²) in [5.41, 5.74) is 0. The van der Waals surface area contributed by atoms with E-state index in [1.165, 1.54) is 0 Å². The molecular weight excluding hydrogens is 190 g/mol. The molecule has 0 aromatic heterocycles. The lowest BCUT2D eigenvalue weighted by atomic mass is 10.3. The second-order valence-corrected chi connectivity index (χ2v) is 4.03. The largest absolute Gasteiger partial charge is 0.383 e. The summed E-state index contributed by atoms with van der Waals surface area (Å²) >= 11 is 5.74. The van der Waals surface area contributed by atoms with Crippen LogP contribution in [0, 0.1) is 0 Å². The van der Waals surface area contributed by atoms with Gasteiger partial charge in [0, 0.05) is 19.7 Å². The quantitative estimate of drug-likeness (QED) is 0.633. The van der Waals surface area contributed by atoms with Crippen LogP contribution < -0.4 is 0 Å². The van der Waals surface area contributed by atoms with Gasteiger partial charge in [-0.15, -0.1) is 11.6 Å². The molecule has 3 nitrogen and oxygen atoms in total. The van der Waals surface area contributed by atoms with Crippen molar-refractivity contribution >= 4 is 17.5 Å². The molecule has 1 amide bonds. The minimum Gasteiger partial charge on any atom is -0.383 e. The zero-order valence-corrected chi connectivity index (χ0v) is 8.88. The smallest absolute Gasteiger partial charge is 0.240 e. The van der Waals surface area contributed by atoms with E-state index in [2.05, 4.69) is 0 Å². The Bertz CT molecular complexity index is 180. The Morgan fingerprint density at radius 3 is 2.69 bits per heavy atom. The molecule has 0 saturated heterocycles. The van der Waals surface area contributed by atoms with Crippen LogP contribution in [0.25, 0.3) is 0 Å². The van der Waals surface area contributed by atoms with Gasteiger partial charge in [0.2, 0.25) is 5.91 Å². The second-order valence-electron chi connectivity index (χ2n) is 3.37. The van der Waals surface area contributed by atoms with Crippen LogP contribution in [0.1, 0.15) is 19.8 Å². The Morgan fingerprint density at radius 2 is 2.31 bits per heavy atom. The van der Waals surface area contributed by atoms with E-state index in [0.29, 0.717) is 19.2 Å². The highest BCUT2D eigenvalue weighted by atomic mass is 35.5. The molecule has 0 N–H and O–H groups in total. The van der Waals surface area contributed by atoms with Gasteiger partial charge in [0.25, 0.3) is 0 Å². The molecule has 4 heteroatoms. The van der Waals surface area contributed by atoms with Gasteiger partial charge in [-0.1, -0.05) is 0 Å². The maximum atomic E-state index is 11.6. The number of rotatable bonds is 5. The minimum atomic E-state index is -0.419. The molecular formula is C9H16ClNO2. The van der Waals surface area contributed by atoms with Gasteiger partial charge >= 0.3 is 0 Å². The fourth-order valence-electron chi connectivity index (χ4n) is 1.28. The van der Waals surface area contributed by atoms with Crippen LogP contribution in [0.3, 0.4) is 0 Å². The molecule has 0 radical (unpaired) electrons. The number of amides is 1. The third-order valence-corrected chi connectivity index (χ3v) is 2.33. The summed E-state index contributed by atoms with van der Waals surface area (Å²) in [6.45, 7) is 2.97. The molecule has 1 rings (SSSR count). The van der Waals surface area contributed by atoms with Crippen molar-refractivity contribution in [3.63, 3.8) is 0 Å². The van der Waals surface area contributed by atoms with Crippen LogP contribution in [0.4, 0.5) is 0 Å². The summed E-state index contributed by atoms with van der Waals surface area (Å²) < 4.78 is 4.94. The second kappa shape index (κ2) is 4.82. The van der Waals surface area contributed by atoms with E-state index in [1.54, 1.807) is 14.0 Å². The predicted octanol–water partition coefficient (Wildman–Crippen LogP) is 1.25. The standard InChI is InChI=1S/C9H16ClNO2/c1-7(10)9(12)11(5-6-13-2)8-3-4-8/h7-8H,3-6H2,1-2H3. The van der Waals surface area contributed by atoms with Gasteiger partial charge in [-0.05, 0) is 19.8 Å². The topological polar surface area (TPSA) is 29.5 Å². The van der Waals surface area contributed by atoms with Crippen molar-refractivity contribution in [3.8, 4) is 0 Å². The molecule has 1 saturated carbocycles. The first-order chi connectivity index (χ1) is 6.16. The summed E-state index contributed by atoms with van der Waals surface area (Å²) in [5.74, 6) is 0.0289. The summed E-state index contributed by atoms with van der Waals surface area (Å²) in [5, 5.41) is -0.419.